The van der Waals surface area contributed by atoms with E-state index in [1.807, 2.05) is 19.0 Å². The number of nitrogens with one attached hydrogen (secondary N) is 4. The lowest BCUT2D eigenvalue weighted by atomic mass is 10.4. The highest BCUT2D eigenvalue weighted by atomic mass is 16.2. The Balaban J connectivity index is 1.63. The summed E-state index contributed by atoms with van der Waals surface area (Å²) in [5.41, 5.74) is 0. The van der Waals surface area contributed by atoms with Gasteiger partial charge >= 0.3 is 0 Å². The lowest BCUT2D eigenvalue weighted by Crippen LogP contribution is -2.29. The molecule has 0 unspecified atom stereocenters. The van der Waals surface area contributed by atoms with Gasteiger partial charge in [-0.3, -0.25) is 19.2 Å². The highest BCUT2D eigenvalue weighted by molar-refractivity contribution is 6.04. The number of aryl methyl sites for hydroxylation is 3. The summed E-state index contributed by atoms with van der Waals surface area (Å²) < 4.78 is 4.39. The number of amides is 4. The van der Waals surface area contributed by atoms with E-state index < -0.39 is 11.8 Å². The molecule has 0 saturated carbocycles. The zero-order valence-corrected chi connectivity index (χ0v) is 20.7. The Morgan fingerprint density at radius 2 is 1.25 bits per heavy atom. The molecule has 15 nitrogen and oxygen atoms in total. The molecular weight excluding hydrogens is 470 g/mol. The van der Waals surface area contributed by atoms with Gasteiger partial charge in [0.2, 0.25) is 23.9 Å². The predicted molar refractivity (Wildman–Crippen MR) is 131 cm³/mol. The number of rotatable bonds is 11. The molecule has 3 heterocycles. The first-order valence-corrected chi connectivity index (χ1v) is 10.9. The standard InChI is InChI=1S/C21H29N11O4/c1-29(2)8-6-7-22-19(34)16-25-14(10-31(16)4)27-21(36)18-26-15(11-32(18)5)28-20(35)17-24-13(23-12-33)9-30(17)3/h9-12H,6-8H2,1-5H3,(H,22,34)(H,23,33)(H,27,36)(H,28,35). The van der Waals surface area contributed by atoms with E-state index in [9.17, 15) is 19.2 Å². The average molecular weight is 500 g/mol. The van der Waals surface area contributed by atoms with E-state index in [1.165, 1.54) is 32.3 Å². The molecule has 0 aromatic carbocycles. The van der Waals surface area contributed by atoms with Gasteiger partial charge in [-0.2, -0.15) is 0 Å². The second-order valence-electron chi connectivity index (χ2n) is 8.27. The second kappa shape index (κ2) is 11.3. The number of anilines is 3. The molecule has 36 heavy (non-hydrogen) atoms. The minimum Gasteiger partial charge on any atom is -0.349 e. The lowest BCUT2D eigenvalue weighted by molar-refractivity contribution is -0.105. The number of imidazole rings is 3. The van der Waals surface area contributed by atoms with E-state index in [2.05, 4.69) is 36.2 Å². The quantitative estimate of drug-likeness (QED) is 0.204. The number of carbonyl (C=O) groups is 4. The van der Waals surface area contributed by atoms with Crippen molar-refractivity contribution in [2.24, 2.45) is 21.1 Å². The van der Waals surface area contributed by atoms with Crippen LogP contribution in [0.2, 0.25) is 0 Å². The monoisotopic (exact) mass is 499 g/mol. The van der Waals surface area contributed by atoms with Gasteiger partial charge in [-0.05, 0) is 27.1 Å². The number of hydrogen-bond acceptors (Lipinski definition) is 8. The van der Waals surface area contributed by atoms with Crippen LogP contribution in [0.15, 0.2) is 18.6 Å². The molecule has 0 saturated heterocycles. The van der Waals surface area contributed by atoms with Gasteiger partial charge in [-0.15, -0.1) is 0 Å². The maximum atomic E-state index is 12.8. The second-order valence-corrected chi connectivity index (χ2v) is 8.27. The number of aromatic nitrogens is 6. The fourth-order valence-corrected chi connectivity index (χ4v) is 3.30. The van der Waals surface area contributed by atoms with Crippen molar-refractivity contribution in [3.8, 4) is 0 Å². The molecule has 0 spiro atoms. The van der Waals surface area contributed by atoms with Gasteiger partial charge < -0.3 is 39.9 Å². The molecule has 0 aliphatic heterocycles. The molecule has 0 bridgehead atoms. The van der Waals surface area contributed by atoms with Crippen molar-refractivity contribution < 1.29 is 19.2 Å². The van der Waals surface area contributed by atoms with Gasteiger partial charge in [0.1, 0.15) is 0 Å². The summed E-state index contributed by atoms with van der Waals surface area (Å²) in [5.74, 6) is -0.782. The van der Waals surface area contributed by atoms with Crippen LogP contribution in [0, 0.1) is 0 Å². The Bertz CT molecular complexity index is 1270. The molecule has 15 heteroatoms. The molecule has 192 valence electrons. The van der Waals surface area contributed by atoms with Crippen LogP contribution in [0.3, 0.4) is 0 Å². The summed E-state index contributed by atoms with van der Waals surface area (Å²) in [6.45, 7) is 1.34. The highest BCUT2D eigenvalue weighted by Gasteiger charge is 2.20. The van der Waals surface area contributed by atoms with Crippen LogP contribution in [0.5, 0.6) is 0 Å². The maximum Gasteiger partial charge on any atom is 0.292 e. The van der Waals surface area contributed by atoms with E-state index in [-0.39, 0.29) is 40.8 Å². The van der Waals surface area contributed by atoms with Crippen molar-refractivity contribution in [3.63, 3.8) is 0 Å². The predicted octanol–water partition coefficient (Wildman–Crippen LogP) is -0.358. The van der Waals surface area contributed by atoms with E-state index in [1.54, 1.807) is 21.1 Å². The molecule has 0 fully saturated rings. The molecule has 3 aromatic heterocycles. The lowest BCUT2D eigenvalue weighted by Gasteiger charge is -2.09. The highest BCUT2D eigenvalue weighted by Crippen LogP contribution is 2.13. The SMILES string of the molecule is CN(C)CCCNC(=O)c1nc(NC(=O)c2nc(NC(=O)c3nc(NC=O)cn3C)cn2C)cn1C. The minimum absolute atomic E-state index is 0.00814. The van der Waals surface area contributed by atoms with E-state index in [0.717, 1.165) is 13.0 Å². The Kier molecular flexibility index (Phi) is 8.16. The molecule has 0 atom stereocenters. The summed E-state index contributed by atoms with van der Waals surface area (Å²) in [7, 11) is 8.76. The van der Waals surface area contributed by atoms with Crippen molar-refractivity contribution >= 4 is 41.6 Å². The van der Waals surface area contributed by atoms with Gasteiger partial charge in [0, 0.05) is 46.3 Å². The molecular formula is C21H29N11O4. The van der Waals surface area contributed by atoms with Crippen molar-refractivity contribution in [1.82, 2.24) is 38.9 Å². The van der Waals surface area contributed by atoms with Gasteiger partial charge in [0.25, 0.3) is 17.7 Å². The van der Waals surface area contributed by atoms with Crippen LogP contribution in [0.1, 0.15) is 38.3 Å². The van der Waals surface area contributed by atoms with E-state index in [0.29, 0.717) is 13.0 Å². The third-order valence-electron chi connectivity index (χ3n) is 5.00. The van der Waals surface area contributed by atoms with Gasteiger partial charge in [-0.25, -0.2) is 15.0 Å². The molecule has 0 radical (unpaired) electrons. The Morgan fingerprint density at radius 1 is 0.806 bits per heavy atom. The van der Waals surface area contributed by atoms with E-state index in [4.69, 9.17) is 0 Å². The molecule has 4 N–H and O–H groups in total. The van der Waals surface area contributed by atoms with Gasteiger partial charge in [0.05, 0.1) is 0 Å². The number of carbonyl (C=O) groups excluding carboxylic acids is 4. The molecule has 3 rings (SSSR count). The Morgan fingerprint density at radius 3 is 1.72 bits per heavy atom. The average Bonchev–Trinajstić information content (AvgIpc) is 3.47. The molecule has 3 aromatic rings. The smallest absolute Gasteiger partial charge is 0.292 e. The van der Waals surface area contributed by atoms with E-state index >= 15 is 0 Å². The van der Waals surface area contributed by atoms with Crippen molar-refractivity contribution in [2.75, 3.05) is 43.1 Å². The number of nitrogens with zero attached hydrogens (tertiary/aromatic N) is 7. The first kappa shape index (κ1) is 26.1. The Hall–Kier alpha value is -4.53. The van der Waals surface area contributed by atoms with Gasteiger partial charge in [0.15, 0.2) is 17.5 Å². The normalized spacial score (nSPS) is 10.8. The summed E-state index contributed by atoms with van der Waals surface area (Å²) in [6, 6.07) is 0. The first-order chi connectivity index (χ1) is 17.1. The Labute approximate surface area is 206 Å². The minimum atomic E-state index is -0.580. The zero-order chi connectivity index (χ0) is 26.4. The van der Waals surface area contributed by atoms with Crippen LogP contribution in [0.25, 0.3) is 0 Å². The fourth-order valence-electron chi connectivity index (χ4n) is 3.30. The van der Waals surface area contributed by atoms with Crippen molar-refractivity contribution in [1.29, 1.82) is 0 Å². The third-order valence-corrected chi connectivity index (χ3v) is 5.00. The summed E-state index contributed by atoms with van der Waals surface area (Å²) in [6.07, 6.45) is 5.71. The van der Waals surface area contributed by atoms with Crippen LogP contribution < -0.4 is 21.3 Å². The maximum absolute atomic E-state index is 12.8. The molecule has 0 aliphatic carbocycles. The van der Waals surface area contributed by atoms with Crippen molar-refractivity contribution in [3.05, 3.63) is 36.1 Å². The largest absolute Gasteiger partial charge is 0.349 e. The fraction of sp³-hybridized carbons (Fsp3) is 0.381. The van der Waals surface area contributed by atoms with Crippen LogP contribution in [-0.4, -0.2) is 84.9 Å². The summed E-state index contributed by atoms with van der Waals surface area (Å²) >= 11 is 0. The van der Waals surface area contributed by atoms with Gasteiger partial charge in [-0.1, -0.05) is 0 Å². The third kappa shape index (κ3) is 6.32. The zero-order valence-electron chi connectivity index (χ0n) is 20.7. The topological polar surface area (TPSA) is 173 Å². The van der Waals surface area contributed by atoms with Crippen molar-refractivity contribution in [2.45, 2.75) is 6.42 Å². The number of hydrogen-bond donors (Lipinski definition) is 4. The molecule has 4 amide bonds. The van der Waals surface area contributed by atoms with Crippen LogP contribution >= 0.6 is 0 Å². The molecule has 0 aliphatic rings. The summed E-state index contributed by atoms with van der Waals surface area (Å²) in [4.78, 5) is 62.7. The van der Waals surface area contributed by atoms with Crippen LogP contribution in [0.4, 0.5) is 17.5 Å². The summed E-state index contributed by atoms with van der Waals surface area (Å²) in [5, 5.41) is 10.4. The first-order valence-electron chi connectivity index (χ1n) is 10.9. The van der Waals surface area contributed by atoms with Crippen LogP contribution in [-0.2, 0) is 25.9 Å².